The van der Waals surface area contributed by atoms with E-state index in [2.05, 4.69) is 26.7 Å². The van der Waals surface area contributed by atoms with Crippen molar-refractivity contribution in [1.82, 2.24) is 0 Å². The van der Waals surface area contributed by atoms with Crippen LogP contribution >= 0.6 is 15.9 Å². The van der Waals surface area contributed by atoms with Crippen LogP contribution in [0.4, 0.5) is 0 Å². The second-order valence-corrected chi connectivity index (χ2v) is 1.79. The van der Waals surface area contributed by atoms with Crippen LogP contribution in [0.3, 0.4) is 0 Å². The summed E-state index contributed by atoms with van der Waals surface area (Å²) in [5.74, 6) is 3.37. The van der Waals surface area contributed by atoms with Crippen molar-refractivity contribution in [3.63, 3.8) is 0 Å². The van der Waals surface area contributed by atoms with Crippen molar-refractivity contribution in [1.29, 1.82) is 0 Å². The normalized spacial score (nSPS) is 6.29. The van der Waals surface area contributed by atoms with Gasteiger partial charge < -0.3 is 0 Å². The Morgan fingerprint density at radius 1 is 1.43 bits per heavy atom. The maximum absolute atomic E-state index is 2.99. The molecule has 0 aromatic rings. The van der Waals surface area contributed by atoms with E-state index in [9.17, 15) is 0 Å². The standard InChI is InChI=1S/C5H7Br.Mg.2H/c1-5(2)3-4-6;;;/h5H,1-2H3;;;. The number of hydrogen-bond donors (Lipinski definition) is 0. The molecule has 0 saturated carbocycles. The predicted molar refractivity (Wildman–Crippen MR) is 40.1 cm³/mol. The van der Waals surface area contributed by atoms with E-state index >= 15 is 0 Å². The average Bonchev–Trinajstić information content (AvgIpc) is 1.35. The zero-order valence-corrected chi connectivity index (χ0v) is 5.54. The Morgan fingerprint density at radius 3 is 1.86 bits per heavy atom. The highest BCUT2D eigenvalue weighted by atomic mass is 79.9. The smallest absolute Gasteiger partial charge is 0.0879 e. The van der Waals surface area contributed by atoms with Crippen molar-refractivity contribution < 1.29 is 0 Å². The summed E-state index contributed by atoms with van der Waals surface area (Å²) in [6, 6.07) is 0. The molecular formula is C5H9BrMg. The highest BCUT2D eigenvalue weighted by molar-refractivity contribution is 9.12. The molecule has 0 nitrogen and oxygen atoms in total. The lowest BCUT2D eigenvalue weighted by atomic mass is 10.2. The lowest BCUT2D eigenvalue weighted by Crippen LogP contribution is -1.73. The predicted octanol–water partition coefficient (Wildman–Crippen LogP) is 1.08. The maximum atomic E-state index is 2.99. The molecule has 38 valence electrons. The van der Waals surface area contributed by atoms with Crippen LogP contribution in [0.5, 0.6) is 0 Å². The van der Waals surface area contributed by atoms with Crippen LogP contribution in [0.15, 0.2) is 0 Å². The summed E-state index contributed by atoms with van der Waals surface area (Å²) in [4.78, 5) is 2.63. The molecule has 0 aliphatic heterocycles. The SMILES string of the molecule is CC(C)C#CBr.[MgH2]. The van der Waals surface area contributed by atoms with Gasteiger partial charge in [-0.2, -0.15) is 0 Å². The largest absolute Gasteiger partial charge is 0.316 e. The number of halogens is 1. The van der Waals surface area contributed by atoms with Gasteiger partial charge >= 0.3 is 23.1 Å². The van der Waals surface area contributed by atoms with Crippen LogP contribution in [0.1, 0.15) is 13.8 Å². The molecule has 0 unspecified atom stereocenters. The number of hydrogen-bond acceptors (Lipinski definition) is 0. The van der Waals surface area contributed by atoms with Crippen molar-refractivity contribution in [3.8, 4) is 10.8 Å². The molecule has 0 aromatic heterocycles. The fraction of sp³-hybridized carbons (Fsp3) is 0.600. The number of rotatable bonds is 0. The molecule has 2 heteroatoms. The summed E-state index contributed by atoms with van der Waals surface area (Å²) in [7, 11) is 0. The van der Waals surface area contributed by atoms with Crippen molar-refractivity contribution in [2.45, 2.75) is 13.8 Å². The fourth-order valence-corrected chi connectivity index (χ4v) is 0.567. The Morgan fingerprint density at radius 2 is 1.86 bits per heavy atom. The van der Waals surface area contributed by atoms with Gasteiger partial charge in [0.1, 0.15) is 0 Å². The second kappa shape index (κ2) is 6.81. The second-order valence-electron chi connectivity index (χ2n) is 1.39. The van der Waals surface area contributed by atoms with Gasteiger partial charge in [0.15, 0.2) is 0 Å². The highest BCUT2D eigenvalue weighted by Crippen LogP contribution is 1.86. The molecule has 0 rings (SSSR count). The van der Waals surface area contributed by atoms with Gasteiger partial charge in [0, 0.05) is 21.8 Å². The molecule has 0 amide bonds. The Balaban J connectivity index is 0. The lowest BCUT2D eigenvalue weighted by molar-refractivity contribution is 0.868. The van der Waals surface area contributed by atoms with Crippen molar-refractivity contribution in [2.75, 3.05) is 0 Å². The molecule has 0 aliphatic carbocycles. The Hall–Kier alpha value is 0.806. The first-order valence-electron chi connectivity index (χ1n) is 1.88. The van der Waals surface area contributed by atoms with E-state index in [0.717, 1.165) is 0 Å². The molecule has 0 saturated heterocycles. The van der Waals surface area contributed by atoms with Crippen LogP contribution in [0.2, 0.25) is 0 Å². The highest BCUT2D eigenvalue weighted by Gasteiger charge is 1.76. The van der Waals surface area contributed by atoms with Gasteiger partial charge in [0.2, 0.25) is 0 Å². The molecule has 0 N–H and O–H groups in total. The van der Waals surface area contributed by atoms with Crippen LogP contribution < -0.4 is 0 Å². The summed E-state index contributed by atoms with van der Waals surface area (Å²) in [5, 5.41) is 0. The molecule has 0 atom stereocenters. The first-order chi connectivity index (χ1) is 2.77. The fourth-order valence-electron chi connectivity index (χ4n) is 0.109. The Kier molecular flexibility index (Phi) is 10.4. The van der Waals surface area contributed by atoms with E-state index in [1.54, 1.807) is 0 Å². The first kappa shape index (κ1) is 10.7. The third-order valence-electron chi connectivity index (χ3n) is 0.343. The first-order valence-corrected chi connectivity index (χ1v) is 2.68. The third kappa shape index (κ3) is 10.9. The van der Waals surface area contributed by atoms with Crippen molar-refractivity contribution >= 4 is 39.0 Å². The van der Waals surface area contributed by atoms with Gasteiger partial charge in [-0.25, -0.2) is 0 Å². The van der Waals surface area contributed by atoms with Crippen molar-refractivity contribution in [2.24, 2.45) is 5.92 Å². The summed E-state index contributed by atoms with van der Waals surface area (Å²) in [6.07, 6.45) is 0. The van der Waals surface area contributed by atoms with E-state index in [1.807, 2.05) is 13.8 Å². The van der Waals surface area contributed by atoms with E-state index in [0.29, 0.717) is 5.92 Å². The zero-order chi connectivity index (χ0) is 4.99. The summed E-state index contributed by atoms with van der Waals surface area (Å²) >= 11 is 2.99. The quantitative estimate of drug-likeness (QED) is 0.380. The molecule has 0 bridgehead atoms. The van der Waals surface area contributed by atoms with E-state index in [4.69, 9.17) is 0 Å². The van der Waals surface area contributed by atoms with E-state index < -0.39 is 0 Å². The Bertz CT molecular complexity index is 77.8. The maximum Gasteiger partial charge on any atom is 0.316 e. The monoisotopic (exact) mass is 172 g/mol. The minimum absolute atomic E-state index is 0. The lowest BCUT2D eigenvalue weighted by Gasteiger charge is -1.81. The molecule has 0 aromatic carbocycles. The summed E-state index contributed by atoms with van der Waals surface area (Å²) in [6.45, 7) is 4.10. The van der Waals surface area contributed by atoms with Gasteiger partial charge in [-0.1, -0.05) is 19.8 Å². The van der Waals surface area contributed by atoms with E-state index in [-0.39, 0.29) is 23.1 Å². The molecule has 0 fully saturated rings. The summed E-state index contributed by atoms with van der Waals surface area (Å²) < 4.78 is 0. The van der Waals surface area contributed by atoms with Crippen LogP contribution in [-0.4, -0.2) is 23.1 Å². The minimum atomic E-state index is 0. The molecule has 0 spiro atoms. The van der Waals surface area contributed by atoms with Crippen molar-refractivity contribution in [3.05, 3.63) is 0 Å². The topological polar surface area (TPSA) is 0 Å². The Labute approximate surface area is 69.3 Å². The molecule has 0 radical (unpaired) electrons. The van der Waals surface area contributed by atoms with E-state index in [1.165, 1.54) is 0 Å². The van der Waals surface area contributed by atoms with Gasteiger partial charge in [-0.3, -0.25) is 0 Å². The van der Waals surface area contributed by atoms with Crippen LogP contribution in [0, 0.1) is 16.7 Å². The van der Waals surface area contributed by atoms with Gasteiger partial charge in [0.05, 0.1) is 0 Å². The third-order valence-corrected chi connectivity index (χ3v) is 0.572. The molecule has 0 aliphatic rings. The van der Waals surface area contributed by atoms with Gasteiger partial charge in [-0.05, 0) is 4.83 Å². The van der Waals surface area contributed by atoms with Gasteiger partial charge in [0.25, 0.3) is 0 Å². The minimum Gasteiger partial charge on any atom is -0.0879 e. The van der Waals surface area contributed by atoms with Crippen LogP contribution in [0.25, 0.3) is 0 Å². The summed E-state index contributed by atoms with van der Waals surface area (Å²) in [5.41, 5.74) is 0. The van der Waals surface area contributed by atoms with Crippen LogP contribution in [-0.2, 0) is 0 Å². The van der Waals surface area contributed by atoms with Gasteiger partial charge in [-0.15, -0.1) is 0 Å². The molecule has 0 heterocycles. The molecular weight excluding hydrogens is 164 g/mol. The zero-order valence-electron chi connectivity index (χ0n) is 3.96. The average molecular weight is 173 g/mol. The molecule has 7 heavy (non-hydrogen) atoms.